The molecule has 0 saturated carbocycles. The number of benzene rings is 2. The molecule has 0 aromatic heterocycles. The highest BCUT2D eigenvalue weighted by Crippen LogP contribution is 2.25. The van der Waals surface area contributed by atoms with E-state index in [0.717, 1.165) is 30.5 Å². The molecular formula is C20H19F5O. The van der Waals surface area contributed by atoms with Gasteiger partial charge in [-0.2, -0.15) is 0 Å². The summed E-state index contributed by atoms with van der Waals surface area (Å²) >= 11 is 0. The Kier molecular flexibility index (Phi) is 7.18. The Morgan fingerprint density at radius 3 is 2.12 bits per heavy atom. The molecule has 0 heterocycles. The summed E-state index contributed by atoms with van der Waals surface area (Å²) in [6.45, 7) is 2.01. The van der Waals surface area contributed by atoms with Crippen molar-refractivity contribution in [2.45, 2.75) is 39.0 Å². The van der Waals surface area contributed by atoms with Crippen LogP contribution in [0.1, 0.15) is 30.0 Å². The SMILES string of the molecule is CCCc1ccc(CCc2cc(F)c(OC=CC(F)F)c(F)c2)c(F)c1. The van der Waals surface area contributed by atoms with E-state index in [1.165, 1.54) is 6.07 Å². The van der Waals surface area contributed by atoms with Gasteiger partial charge >= 0.3 is 0 Å². The second-order valence-corrected chi connectivity index (χ2v) is 5.85. The molecule has 0 unspecified atom stereocenters. The van der Waals surface area contributed by atoms with E-state index in [2.05, 4.69) is 4.74 Å². The summed E-state index contributed by atoms with van der Waals surface area (Å²) in [5, 5.41) is 0. The van der Waals surface area contributed by atoms with Crippen LogP contribution in [0.4, 0.5) is 22.0 Å². The monoisotopic (exact) mass is 370 g/mol. The molecule has 1 nitrogen and oxygen atoms in total. The van der Waals surface area contributed by atoms with Crippen molar-refractivity contribution < 1.29 is 26.7 Å². The normalized spacial score (nSPS) is 11.5. The summed E-state index contributed by atoms with van der Waals surface area (Å²) in [4.78, 5) is 0. The average Bonchev–Trinajstić information content (AvgIpc) is 2.56. The van der Waals surface area contributed by atoms with E-state index in [1.54, 1.807) is 6.07 Å². The number of halogens is 5. The second-order valence-electron chi connectivity index (χ2n) is 5.85. The van der Waals surface area contributed by atoms with Crippen molar-refractivity contribution in [3.63, 3.8) is 0 Å². The molecule has 0 saturated heterocycles. The Morgan fingerprint density at radius 1 is 0.885 bits per heavy atom. The molecule has 2 aromatic carbocycles. The van der Waals surface area contributed by atoms with Gasteiger partial charge in [-0.1, -0.05) is 25.5 Å². The van der Waals surface area contributed by atoms with Crippen LogP contribution in [0.3, 0.4) is 0 Å². The van der Waals surface area contributed by atoms with Gasteiger partial charge in [-0.25, -0.2) is 22.0 Å². The molecule has 26 heavy (non-hydrogen) atoms. The number of allylic oxidation sites excluding steroid dienone is 1. The van der Waals surface area contributed by atoms with Crippen LogP contribution in [0.25, 0.3) is 0 Å². The van der Waals surface area contributed by atoms with Crippen molar-refractivity contribution in [2.24, 2.45) is 0 Å². The van der Waals surface area contributed by atoms with Gasteiger partial charge in [-0.05, 0) is 54.2 Å². The van der Waals surface area contributed by atoms with Crippen LogP contribution in [-0.4, -0.2) is 6.43 Å². The minimum Gasteiger partial charge on any atom is -0.459 e. The number of ether oxygens (including phenoxy) is 1. The summed E-state index contributed by atoms with van der Waals surface area (Å²) < 4.78 is 70.4. The van der Waals surface area contributed by atoms with E-state index in [1.807, 2.05) is 13.0 Å². The lowest BCUT2D eigenvalue weighted by atomic mass is 10.0. The van der Waals surface area contributed by atoms with Gasteiger partial charge < -0.3 is 4.74 Å². The third-order valence-electron chi connectivity index (χ3n) is 3.81. The largest absolute Gasteiger partial charge is 0.459 e. The fourth-order valence-electron chi connectivity index (χ4n) is 2.55. The molecule has 0 bridgehead atoms. The highest BCUT2D eigenvalue weighted by Gasteiger charge is 2.13. The van der Waals surface area contributed by atoms with Crippen molar-refractivity contribution in [2.75, 3.05) is 0 Å². The Labute approximate surface area is 149 Å². The number of rotatable bonds is 8. The summed E-state index contributed by atoms with van der Waals surface area (Å²) in [5.74, 6) is -3.09. The fourth-order valence-corrected chi connectivity index (χ4v) is 2.55. The maximum absolute atomic E-state index is 14.1. The highest BCUT2D eigenvalue weighted by molar-refractivity contribution is 5.33. The molecule has 0 radical (unpaired) electrons. The van der Waals surface area contributed by atoms with Gasteiger partial charge in [0.1, 0.15) is 5.82 Å². The lowest BCUT2D eigenvalue weighted by Gasteiger charge is -2.09. The Hall–Kier alpha value is -2.37. The predicted octanol–water partition coefficient (Wildman–Crippen LogP) is 6.00. The summed E-state index contributed by atoms with van der Waals surface area (Å²) in [5.41, 5.74) is 1.69. The van der Waals surface area contributed by atoms with Crippen molar-refractivity contribution in [1.29, 1.82) is 0 Å². The number of alkyl halides is 2. The van der Waals surface area contributed by atoms with Crippen LogP contribution in [-0.2, 0) is 19.3 Å². The summed E-state index contributed by atoms with van der Waals surface area (Å²) in [6.07, 6.45) is 0.344. The van der Waals surface area contributed by atoms with Crippen LogP contribution in [0.15, 0.2) is 42.7 Å². The minimum absolute atomic E-state index is 0.227. The molecule has 6 heteroatoms. The van der Waals surface area contributed by atoms with Gasteiger partial charge in [0, 0.05) is 6.08 Å². The zero-order chi connectivity index (χ0) is 19.1. The van der Waals surface area contributed by atoms with Gasteiger partial charge in [0.25, 0.3) is 6.43 Å². The molecule has 140 valence electrons. The lowest BCUT2D eigenvalue weighted by molar-refractivity contribution is 0.200. The topological polar surface area (TPSA) is 9.23 Å². The smallest absolute Gasteiger partial charge is 0.260 e. The van der Waals surface area contributed by atoms with Crippen LogP contribution < -0.4 is 4.74 Å². The molecule has 0 aliphatic rings. The highest BCUT2D eigenvalue weighted by atomic mass is 19.3. The molecule has 0 fully saturated rings. The average molecular weight is 370 g/mol. The Balaban J connectivity index is 2.06. The second kappa shape index (κ2) is 9.36. The van der Waals surface area contributed by atoms with Crippen LogP contribution in [0.5, 0.6) is 5.75 Å². The first-order valence-electron chi connectivity index (χ1n) is 8.27. The van der Waals surface area contributed by atoms with E-state index < -0.39 is 23.8 Å². The maximum Gasteiger partial charge on any atom is 0.260 e. The molecule has 0 N–H and O–H groups in total. The summed E-state index contributed by atoms with van der Waals surface area (Å²) in [7, 11) is 0. The first kappa shape index (κ1) is 19.9. The van der Waals surface area contributed by atoms with Crippen molar-refractivity contribution in [3.8, 4) is 5.75 Å². The third kappa shape index (κ3) is 5.58. The van der Waals surface area contributed by atoms with Gasteiger partial charge in [-0.15, -0.1) is 0 Å². The zero-order valence-corrected chi connectivity index (χ0v) is 14.2. The first-order chi connectivity index (χ1) is 12.4. The number of hydrogen-bond acceptors (Lipinski definition) is 1. The quantitative estimate of drug-likeness (QED) is 0.409. The van der Waals surface area contributed by atoms with Crippen LogP contribution >= 0.6 is 0 Å². The lowest BCUT2D eigenvalue weighted by Crippen LogP contribution is -2.00. The van der Waals surface area contributed by atoms with Crippen molar-refractivity contribution in [3.05, 3.63) is 76.8 Å². The van der Waals surface area contributed by atoms with Crippen LogP contribution in [0.2, 0.25) is 0 Å². The molecule has 0 aliphatic heterocycles. The number of aryl methyl sites for hydroxylation is 3. The van der Waals surface area contributed by atoms with E-state index in [0.29, 0.717) is 23.5 Å². The molecule has 0 spiro atoms. The Morgan fingerprint density at radius 2 is 1.54 bits per heavy atom. The van der Waals surface area contributed by atoms with Gasteiger partial charge in [-0.3, -0.25) is 0 Å². The third-order valence-corrected chi connectivity index (χ3v) is 3.81. The maximum atomic E-state index is 14.1. The fraction of sp³-hybridized carbons (Fsp3) is 0.300. The molecule has 2 rings (SSSR count). The van der Waals surface area contributed by atoms with E-state index in [-0.39, 0.29) is 18.7 Å². The predicted molar refractivity (Wildman–Crippen MR) is 89.9 cm³/mol. The molecule has 0 aliphatic carbocycles. The van der Waals surface area contributed by atoms with Gasteiger partial charge in [0.05, 0.1) is 6.26 Å². The Bertz CT molecular complexity index is 748. The number of hydrogen-bond donors (Lipinski definition) is 0. The van der Waals surface area contributed by atoms with Gasteiger partial charge in [0.2, 0.25) is 0 Å². The van der Waals surface area contributed by atoms with E-state index >= 15 is 0 Å². The van der Waals surface area contributed by atoms with Gasteiger partial charge in [0.15, 0.2) is 17.4 Å². The van der Waals surface area contributed by atoms with Crippen LogP contribution in [0, 0.1) is 17.5 Å². The van der Waals surface area contributed by atoms with E-state index in [9.17, 15) is 22.0 Å². The first-order valence-corrected chi connectivity index (χ1v) is 8.27. The minimum atomic E-state index is -2.78. The molecular weight excluding hydrogens is 351 g/mol. The van der Waals surface area contributed by atoms with Crippen molar-refractivity contribution >= 4 is 0 Å². The summed E-state index contributed by atoms with van der Waals surface area (Å²) in [6, 6.07) is 7.11. The van der Waals surface area contributed by atoms with E-state index in [4.69, 9.17) is 0 Å². The molecule has 0 amide bonds. The zero-order valence-electron chi connectivity index (χ0n) is 14.2. The molecule has 0 atom stereocenters. The van der Waals surface area contributed by atoms with Crippen molar-refractivity contribution in [1.82, 2.24) is 0 Å². The molecule has 2 aromatic rings. The standard InChI is InChI=1S/C20H19F5O/c1-2-3-13-4-6-15(16(21)10-13)7-5-14-11-17(22)20(18(23)12-14)26-9-8-19(24)25/h4,6,8-12,19H,2-3,5,7H2,1H3.